The third-order valence-electron chi connectivity index (χ3n) is 2.36. The Hall–Kier alpha value is -1.51. The van der Waals surface area contributed by atoms with Gasteiger partial charge in [0.15, 0.2) is 6.23 Å². The summed E-state index contributed by atoms with van der Waals surface area (Å²) in [6, 6.07) is 0. The van der Waals surface area contributed by atoms with Gasteiger partial charge in [0.25, 0.3) is 5.91 Å². The topological polar surface area (TPSA) is 123 Å². The van der Waals surface area contributed by atoms with Gasteiger partial charge in [-0.15, -0.1) is 5.10 Å². The number of nitrogens with zero attached hydrogens (tertiary/aromatic N) is 3. The Labute approximate surface area is 90.6 Å². The minimum Gasteiger partial charge on any atom is -0.394 e. The molecule has 2 heterocycles. The fourth-order valence-corrected chi connectivity index (χ4v) is 1.60. The van der Waals surface area contributed by atoms with Crippen LogP contribution in [0.4, 0.5) is 0 Å². The monoisotopic (exact) mass is 228 g/mol. The predicted molar refractivity (Wildman–Crippen MR) is 50.2 cm³/mol. The second kappa shape index (κ2) is 4.16. The van der Waals surface area contributed by atoms with Crippen LogP contribution in [0.3, 0.4) is 0 Å². The third-order valence-corrected chi connectivity index (χ3v) is 2.36. The molecule has 8 heteroatoms. The van der Waals surface area contributed by atoms with Crippen LogP contribution in [-0.2, 0) is 4.74 Å². The van der Waals surface area contributed by atoms with Crippen molar-refractivity contribution in [2.75, 3.05) is 6.61 Å². The Morgan fingerprint density at radius 3 is 3.00 bits per heavy atom. The summed E-state index contributed by atoms with van der Waals surface area (Å²) in [5, 5.41) is 22.3. The Bertz CT molecular complexity index is 393. The minimum absolute atomic E-state index is 0.136. The molecule has 0 radical (unpaired) electrons. The first-order chi connectivity index (χ1) is 7.61. The molecular formula is C8H12N4O4. The van der Waals surface area contributed by atoms with E-state index < -0.39 is 24.3 Å². The van der Waals surface area contributed by atoms with Crippen molar-refractivity contribution < 1.29 is 19.7 Å². The molecule has 1 saturated heterocycles. The molecule has 4 N–H and O–H groups in total. The number of primary amides is 1. The van der Waals surface area contributed by atoms with Crippen molar-refractivity contribution in [1.29, 1.82) is 0 Å². The van der Waals surface area contributed by atoms with Crippen LogP contribution in [0, 0.1) is 0 Å². The van der Waals surface area contributed by atoms with Crippen molar-refractivity contribution in [3.05, 3.63) is 12.2 Å². The zero-order valence-corrected chi connectivity index (χ0v) is 8.35. The molecule has 3 atom stereocenters. The van der Waals surface area contributed by atoms with E-state index in [4.69, 9.17) is 15.6 Å². The first-order valence-corrected chi connectivity index (χ1v) is 4.77. The molecule has 2 rings (SSSR count). The molecule has 8 nitrogen and oxygen atoms in total. The molecule has 1 amide bonds. The number of aromatic nitrogens is 3. The lowest BCUT2D eigenvalue weighted by molar-refractivity contribution is -0.0572. The van der Waals surface area contributed by atoms with Gasteiger partial charge in [-0.3, -0.25) is 4.79 Å². The molecule has 0 aliphatic carbocycles. The highest BCUT2D eigenvalue weighted by Crippen LogP contribution is 2.27. The molecule has 0 aromatic carbocycles. The van der Waals surface area contributed by atoms with E-state index in [2.05, 4.69) is 10.1 Å². The number of rotatable bonds is 3. The number of carbonyl (C=O) groups is 1. The zero-order chi connectivity index (χ0) is 11.7. The van der Waals surface area contributed by atoms with Crippen LogP contribution in [0.25, 0.3) is 0 Å². The zero-order valence-electron chi connectivity index (χ0n) is 8.35. The van der Waals surface area contributed by atoms with Crippen LogP contribution in [0.15, 0.2) is 6.33 Å². The second-order valence-corrected chi connectivity index (χ2v) is 3.55. The smallest absolute Gasteiger partial charge is 0.288 e. The summed E-state index contributed by atoms with van der Waals surface area (Å²) in [7, 11) is 0. The Morgan fingerprint density at radius 1 is 1.75 bits per heavy atom. The highest BCUT2D eigenvalue weighted by atomic mass is 16.5. The molecule has 0 saturated carbocycles. The van der Waals surface area contributed by atoms with E-state index in [9.17, 15) is 9.90 Å². The molecule has 88 valence electrons. The summed E-state index contributed by atoms with van der Waals surface area (Å²) in [5.74, 6) is -0.881. The quantitative estimate of drug-likeness (QED) is 0.550. The van der Waals surface area contributed by atoms with E-state index in [1.165, 1.54) is 11.0 Å². The van der Waals surface area contributed by atoms with Crippen molar-refractivity contribution in [3.8, 4) is 0 Å². The number of ether oxygens (including phenoxy) is 1. The third kappa shape index (κ3) is 1.90. The lowest BCUT2D eigenvalue weighted by Gasteiger charge is -2.13. The largest absolute Gasteiger partial charge is 0.394 e. The Kier molecular flexibility index (Phi) is 2.86. The van der Waals surface area contributed by atoms with Gasteiger partial charge >= 0.3 is 0 Å². The fraction of sp³-hybridized carbons (Fsp3) is 0.625. The summed E-state index contributed by atoms with van der Waals surface area (Å²) >= 11 is 0. The summed E-state index contributed by atoms with van der Waals surface area (Å²) in [6.45, 7) is -0.176. The van der Waals surface area contributed by atoms with E-state index in [-0.39, 0.29) is 12.4 Å². The average molecular weight is 228 g/mol. The Morgan fingerprint density at radius 2 is 2.50 bits per heavy atom. The highest BCUT2D eigenvalue weighted by Gasteiger charge is 2.35. The molecule has 1 aromatic heterocycles. The van der Waals surface area contributed by atoms with Gasteiger partial charge in [0.2, 0.25) is 5.82 Å². The van der Waals surface area contributed by atoms with Crippen molar-refractivity contribution in [2.24, 2.45) is 5.73 Å². The summed E-state index contributed by atoms with van der Waals surface area (Å²) in [5.41, 5.74) is 4.99. The molecule has 1 aliphatic heterocycles. The van der Waals surface area contributed by atoms with Crippen molar-refractivity contribution >= 4 is 5.91 Å². The summed E-state index contributed by atoms with van der Waals surface area (Å²) < 4.78 is 6.53. The maximum atomic E-state index is 10.8. The SMILES string of the molecule is NC(=O)c1ncn([C@@H]2O[C@H](CO)C[C@H]2O)n1. The summed E-state index contributed by atoms with van der Waals surface area (Å²) in [6.07, 6.45) is -0.390. The van der Waals surface area contributed by atoms with Crippen LogP contribution in [0.2, 0.25) is 0 Å². The van der Waals surface area contributed by atoms with Crippen LogP contribution < -0.4 is 5.73 Å². The number of carbonyl (C=O) groups excluding carboxylic acids is 1. The van der Waals surface area contributed by atoms with Crippen LogP contribution in [0.1, 0.15) is 23.3 Å². The van der Waals surface area contributed by atoms with E-state index >= 15 is 0 Å². The van der Waals surface area contributed by atoms with Gasteiger partial charge in [0.1, 0.15) is 12.4 Å². The maximum Gasteiger partial charge on any atom is 0.288 e. The lowest BCUT2D eigenvalue weighted by Crippen LogP contribution is -2.21. The van der Waals surface area contributed by atoms with E-state index in [1.54, 1.807) is 0 Å². The van der Waals surface area contributed by atoms with Gasteiger partial charge in [-0.05, 0) is 0 Å². The van der Waals surface area contributed by atoms with Crippen LogP contribution in [0.5, 0.6) is 0 Å². The van der Waals surface area contributed by atoms with Gasteiger partial charge in [0, 0.05) is 6.42 Å². The Balaban J connectivity index is 2.15. The van der Waals surface area contributed by atoms with E-state index in [1.807, 2.05) is 0 Å². The van der Waals surface area contributed by atoms with Crippen molar-refractivity contribution in [2.45, 2.75) is 24.9 Å². The average Bonchev–Trinajstić information content (AvgIpc) is 2.83. The number of amides is 1. The summed E-state index contributed by atoms with van der Waals surface area (Å²) in [4.78, 5) is 14.4. The minimum atomic E-state index is -0.792. The molecule has 0 spiro atoms. The fourth-order valence-electron chi connectivity index (χ4n) is 1.60. The van der Waals surface area contributed by atoms with Gasteiger partial charge in [-0.2, -0.15) is 0 Å². The van der Waals surface area contributed by atoms with Gasteiger partial charge in [-0.25, -0.2) is 9.67 Å². The number of aliphatic hydroxyl groups is 2. The van der Waals surface area contributed by atoms with Gasteiger partial charge in [-0.1, -0.05) is 0 Å². The van der Waals surface area contributed by atoms with E-state index in [0.717, 1.165) is 0 Å². The number of aliphatic hydroxyl groups excluding tert-OH is 2. The first-order valence-electron chi connectivity index (χ1n) is 4.77. The lowest BCUT2D eigenvalue weighted by atomic mass is 10.2. The standard InChI is InChI=1S/C8H12N4O4/c9-6(15)7-10-3-12(11-7)8-5(14)1-4(2-13)16-8/h3-5,8,13-14H,1-2H2,(H2,9,15)/t4-,5+,8+/m0/s1. The molecule has 1 aliphatic rings. The molecular weight excluding hydrogens is 216 g/mol. The second-order valence-electron chi connectivity index (χ2n) is 3.55. The number of hydrogen-bond acceptors (Lipinski definition) is 6. The molecule has 16 heavy (non-hydrogen) atoms. The predicted octanol–water partition coefficient (Wildman–Crippen LogP) is -1.98. The molecule has 1 fully saturated rings. The number of hydrogen-bond donors (Lipinski definition) is 3. The van der Waals surface area contributed by atoms with E-state index in [0.29, 0.717) is 6.42 Å². The van der Waals surface area contributed by atoms with Gasteiger partial charge < -0.3 is 20.7 Å². The molecule has 0 bridgehead atoms. The van der Waals surface area contributed by atoms with Crippen LogP contribution >= 0.6 is 0 Å². The van der Waals surface area contributed by atoms with Gasteiger partial charge in [0.05, 0.1) is 12.7 Å². The highest BCUT2D eigenvalue weighted by molar-refractivity contribution is 5.88. The van der Waals surface area contributed by atoms with Crippen molar-refractivity contribution in [3.63, 3.8) is 0 Å². The van der Waals surface area contributed by atoms with Crippen LogP contribution in [-0.4, -0.2) is 49.7 Å². The first kappa shape index (κ1) is 11.0. The maximum absolute atomic E-state index is 10.8. The normalized spacial score (nSPS) is 29.5. The number of nitrogens with two attached hydrogens (primary N) is 1. The molecule has 1 aromatic rings. The van der Waals surface area contributed by atoms with Crippen molar-refractivity contribution in [1.82, 2.24) is 14.8 Å². The molecule has 0 unspecified atom stereocenters.